The van der Waals surface area contributed by atoms with Gasteiger partial charge in [0.2, 0.25) is 0 Å². The van der Waals surface area contributed by atoms with Crippen molar-refractivity contribution in [1.82, 2.24) is 10.2 Å². The Kier molecular flexibility index (Phi) is 6.21. The fourth-order valence-electron chi connectivity index (χ4n) is 2.21. The third-order valence-electron chi connectivity index (χ3n) is 3.66. The Morgan fingerprint density at radius 2 is 1.42 bits per heavy atom. The van der Waals surface area contributed by atoms with Crippen LogP contribution in [0.2, 0.25) is 0 Å². The highest BCUT2D eigenvalue weighted by molar-refractivity contribution is 5.94. The summed E-state index contributed by atoms with van der Waals surface area (Å²) in [7, 11) is 8.00. The van der Waals surface area contributed by atoms with Crippen molar-refractivity contribution in [3.05, 3.63) is 54.1 Å². The van der Waals surface area contributed by atoms with E-state index in [0.29, 0.717) is 12.1 Å². The summed E-state index contributed by atoms with van der Waals surface area (Å²) in [6, 6.07) is 15.7. The number of anilines is 3. The van der Waals surface area contributed by atoms with Crippen molar-refractivity contribution in [2.24, 2.45) is 0 Å². The third kappa shape index (κ3) is 5.28. The van der Waals surface area contributed by atoms with Gasteiger partial charge in [-0.05, 0) is 62.6 Å². The van der Waals surface area contributed by atoms with Gasteiger partial charge in [-0.1, -0.05) is 0 Å². The molecule has 0 unspecified atom stereocenters. The zero-order chi connectivity index (χ0) is 17.5. The van der Waals surface area contributed by atoms with E-state index in [1.807, 2.05) is 69.5 Å². The standard InChI is InChI=1S/C19H26N4O/c1-22(2)14-13-20-19(24)15-5-7-16(8-6-15)21-17-9-11-18(12-10-17)23(3)4/h5-12,21H,13-14H2,1-4H3,(H,20,24). The van der Waals surface area contributed by atoms with Crippen LogP contribution in [0.1, 0.15) is 10.4 Å². The number of rotatable bonds is 7. The van der Waals surface area contributed by atoms with E-state index in [9.17, 15) is 4.79 Å². The van der Waals surface area contributed by atoms with Gasteiger partial charge in [0.05, 0.1) is 0 Å². The maximum absolute atomic E-state index is 12.0. The molecule has 0 atom stereocenters. The number of nitrogens with zero attached hydrogens (tertiary/aromatic N) is 2. The van der Waals surface area contributed by atoms with Crippen molar-refractivity contribution in [2.75, 3.05) is 51.5 Å². The van der Waals surface area contributed by atoms with Crippen molar-refractivity contribution in [3.63, 3.8) is 0 Å². The van der Waals surface area contributed by atoms with Crippen LogP contribution in [0.4, 0.5) is 17.1 Å². The molecule has 0 bridgehead atoms. The minimum atomic E-state index is -0.0428. The first-order valence-corrected chi connectivity index (χ1v) is 8.03. The van der Waals surface area contributed by atoms with Gasteiger partial charge in [-0.15, -0.1) is 0 Å². The number of nitrogens with one attached hydrogen (secondary N) is 2. The molecular weight excluding hydrogens is 300 g/mol. The predicted molar refractivity (Wildman–Crippen MR) is 101 cm³/mol. The summed E-state index contributed by atoms with van der Waals surface area (Å²) in [6.45, 7) is 1.47. The average Bonchev–Trinajstić information content (AvgIpc) is 2.55. The first-order chi connectivity index (χ1) is 11.5. The SMILES string of the molecule is CN(C)CCNC(=O)c1ccc(Nc2ccc(N(C)C)cc2)cc1. The summed E-state index contributed by atoms with van der Waals surface area (Å²) < 4.78 is 0. The molecule has 0 aliphatic rings. The van der Waals surface area contributed by atoms with Crippen molar-refractivity contribution in [3.8, 4) is 0 Å². The number of amides is 1. The Hall–Kier alpha value is -2.53. The van der Waals surface area contributed by atoms with E-state index in [2.05, 4.69) is 27.7 Å². The molecule has 0 saturated heterocycles. The van der Waals surface area contributed by atoms with Crippen LogP contribution >= 0.6 is 0 Å². The second-order valence-electron chi connectivity index (χ2n) is 6.20. The zero-order valence-electron chi connectivity index (χ0n) is 14.8. The molecule has 0 spiro atoms. The lowest BCUT2D eigenvalue weighted by atomic mass is 10.2. The molecule has 2 N–H and O–H groups in total. The number of carbonyl (C=O) groups excluding carboxylic acids is 1. The van der Waals surface area contributed by atoms with Gasteiger partial charge >= 0.3 is 0 Å². The molecule has 0 aliphatic carbocycles. The van der Waals surface area contributed by atoms with Gasteiger partial charge in [0.25, 0.3) is 5.91 Å². The normalized spacial score (nSPS) is 10.5. The Labute approximate surface area is 144 Å². The van der Waals surface area contributed by atoms with E-state index in [-0.39, 0.29) is 5.91 Å². The second kappa shape index (κ2) is 8.36. The fraction of sp³-hybridized carbons (Fsp3) is 0.316. The lowest BCUT2D eigenvalue weighted by Crippen LogP contribution is -2.31. The topological polar surface area (TPSA) is 47.6 Å². The van der Waals surface area contributed by atoms with E-state index in [1.54, 1.807) is 0 Å². The molecule has 0 saturated carbocycles. The highest BCUT2D eigenvalue weighted by atomic mass is 16.1. The van der Waals surface area contributed by atoms with Crippen LogP contribution in [0, 0.1) is 0 Å². The number of carbonyl (C=O) groups is 1. The number of likely N-dealkylation sites (N-methyl/N-ethyl adjacent to an activating group) is 1. The molecular formula is C19H26N4O. The van der Waals surface area contributed by atoms with Gasteiger partial charge in [0.1, 0.15) is 0 Å². The van der Waals surface area contributed by atoms with Gasteiger partial charge in [-0.2, -0.15) is 0 Å². The highest BCUT2D eigenvalue weighted by Gasteiger charge is 2.05. The average molecular weight is 326 g/mol. The van der Waals surface area contributed by atoms with Gasteiger partial charge < -0.3 is 20.4 Å². The lowest BCUT2D eigenvalue weighted by molar-refractivity contribution is 0.0951. The summed E-state index contributed by atoms with van der Waals surface area (Å²) in [5.74, 6) is -0.0428. The molecule has 0 fully saturated rings. The first-order valence-electron chi connectivity index (χ1n) is 8.03. The molecule has 0 aromatic heterocycles. The van der Waals surface area contributed by atoms with E-state index >= 15 is 0 Å². The van der Waals surface area contributed by atoms with Crippen molar-refractivity contribution < 1.29 is 4.79 Å². The van der Waals surface area contributed by atoms with E-state index in [1.165, 1.54) is 0 Å². The van der Waals surface area contributed by atoms with Gasteiger partial charge in [0.15, 0.2) is 0 Å². The second-order valence-corrected chi connectivity index (χ2v) is 6.20. The Balaban J connectivity index is 1.92. The third-order valence-corrected chi connectivity index (χ3v) is 3.66. The zero-order valence-corrected chi connectivity index (χ0v) is 14.8. The van der Waals surface area contributed by atoms with Crippen LogP contribution < -0.4 is 15.5 Å². The molecule has 2 aromatic rings. The smallest absolute Gasteiger partial charge is 0.251 e. The number of benzene rings is 2. The van der Waals surface area contributed by atoms with Crippen LogP contribution in [-0.4, -0.2) is 52.1 Å². The Morgan fingerprint density at radius 3 is 1.92 bits per heavy atom. The van der Waals surface area contributed by atoms with Crippen molar-refractivity contribution >= 4 is 23.0 Å². The highest BCUT2D eigenvalue weighted by Crippen LogP contribution is 2.20. The molecule has 2 aromatic carbocycles. The van der Waals surface area contributed by atoms with Gasteiger partial charge in [0, 0.05) is 49.8 Å². The molecule has 0 aliphatic heterocycles. The quantitative estimate of drug-likeness (QED) is 0.821. The molecule has 128 valence electrons. The molecule has 1 amide bonds. The predicted octanol–water partition coefficient (Wildman–Crippen LogP) is 2.79. The van der Waals surface area contributed by atoms with Gasteiger partial charge in [-0.25, -0.2) is 0 Å². The summed E-state index contributed by atoms with van der Waals surface area (Å²) in [6.07, 6.45) is 0. The minimum Gasteiger partial charge on any atom is -0.378 e. The molecule has 0 radical (unpaired) electrons. The molecule has 5 heteroatoms. The summed E-state index contributed by atoms with van der Waals surface area (Å²) in [5, 5.41) is 6.25. The molecule has 2 rings (SSSR count). The maximum Gasteiger partial charge on any atom is 0.251 e. The minimum absolute atomic E-state index is 0.0428. The monoisotopic (exact) mass is 326 g/mol. The molecule has 24 heavy (non-hydrogen) atoms. The first kappa shape index (κ1) is 17.8. The fourth-order valence-corrected chi connectivity index (χ4v) is 2.21. The molecule has 5 nitrogen and oxygen atoms in total. The van der Waals surface area contributed by atoms with Crippen LogP contribution in [-0.2, 0) is 0 Å². The van der Waals surface area contributed by atoms with Crippen LogP contribution in [0.15, 0.2) is 48.5 Å². The van der Waals surface area contributed by atoms with Crippen LogP contribution in [0.25, 0.3) is 0 Å². The van der Waals surface area contributed by atoms with E-state index in [0.717, 1.165) is 23.6 Å². The van der Waals surface area contributed by atoms with E-state index in [4.69, 9.17) is 0 Å². The summed E-state index contributed by atoms with van der Waals surface area (Å²) in [4.78, 5) is 16.1. The Bertz CT molecular complexity index is 648. The summed E-state index contributed by atoms with van der Waals surface area (Å²) >= 11 is 0. The largest absolute Gasteiger partial charge is 0.378 e. The van der Waals surface area contributed by atoms with Gasteiger partial charge in [-0.3, -0.25) is 4.79 Å². The van der Waals surface area contributed by atoms with E-state index < -0.39 is 0 Å². The number of hydrogen-bond acceptors (Lipinski definition) is 4. The maximum atomic E-state index is 12.0. The Morgan fingerprint density at radius 1 is 0.875 bits per heavy atom. The molecule has 0 heterocycles. The van der Waals surface area contributed by atoms with Crippen LogP contribution in [0.5, 0.6) is 0 Å². The van der Waals surface area contributed by atoms with Crippen LogP contribution in [0.3, 0.4) is 0 Å². The van der Waals surface area contributed by atoms with Crippen molar-refractivity contribution in [2.45, 2.75) is 0 Å². The summed E-state index contributed by atoms with van der Waals surface area (Å²) in [5.41, 5.74) is 3.80. The number of hydrogen-bond donors (Lipinski definition) is 2. The lowest BCUT2D eigenvalue weighted by Gasteiger charge is -2.13. The van der Waals surface area contributed by atoms with Crippen molar-refractivity contribution in [1.29, 1.82) is 0 Å².